The van der Waals surface area contributed by atoms with E-state index >= 15 is 0 Å². The Bertz CT molecular complexity index is 516. The van der Waals surface area contributed by atoms with E-state index in [4.69, 9.17) is 4.74 Å². The lowest BCUT2D eigenvalue weighted by Crippen LogP contribution is -2.50. The number of likely N-dealkylation sites (tertiary alicyclic amines) is 1. The smallest absolute Gasteiger partial charge is 0.410 e. The second kappa shape index (κ2) is 6.65. The lowest BCUT2D eigenvalue weighted by molar-refractivity contribution is 0.0173. The molecule has 0 aromatic rings. The summed E-state index contributed by atoms with van der Waals surface area (Å²) in [7, 11) is -3.55. The van der Waals surface area contributed by atoms with E-state index in [0.717, 1.165) is 25.5 Å². The summed E-state index contributed by atoms with van der Waals surface area (Å²) < 4.78 is 29.0. The van der Waals surface area contributed by atoms with E-state index in [1.165, 1.54) is 4.90 Å². The molecule has 1 aliphatic heterocycles. The van der Waals surface area contributed by atoms with Crippen molar-refractivity contribution in [1.82, 2.24) is 4.90 Å². The number of sulfone groups is 1. The first-order valence-corrected chi connectivity index (χ1v) is 9.10. The molecule has 0 radical (unpaired) electrons. The standard InChI is InChI=1S/C14H24N2O4S/c1-14(2,3)20-13(17)16-9-7-5-6-8-11(16)12(10-15)21(4,18)19/h11-12H,5-9H2,1-4H3. The maximum absolute atomic E-state index is 12.3. The van der Waals surface area contributed by atoms with Crippen LogP contribution < -0.4 is 0 Å². The van der Waals surface area contributed by atoms with Gasteiger partial charge in [-0.3, -0.25) is 0 Å². The fourth-order valence-corrected chi connectivity index (χ4v) is 3.51. The second-order valence-electron chi connectivity index (χ2n) is 6.47. The maximum atomic E-state index is 12.3. The van der Waals surface area contributed by atoms with Crippen molar-refractivity contribution in [3.63, 3.8) is 0 Å². The Balaban J connectivity index is 3.06. The molecule has 2 atom stereocenters. The molecule has 7 heteroatoms. The van der Waals surface area contributed by atoms with Gasteiger partial charge in [0, 0.05) is 12.8 Å². The molecule has 2 unspecified atom stereocenters. The van der Waals surface area contributed by atoms with Crippen LogP contribution in [0.4, 0.5) is 4.79 Å². The third-order valence-corrected chi connectivity index (χ3v) is 4.71. The summed E-state index contributed by atoms with van der Waals surface area (Å²) in [5.74, 6) is 0. The lowest BCUT2D eigenvalue weighted by atomic mass is 10.1. The van der Waals surface area contributed by atoms with Crippen molar-refractivity contribution in [3.05, 3.63) is 0 Å². The number of ether oxygens (including phenoxy) is 1. The Labute approximate surface area is 127 Å². The number of hydrogen-bond donors (Lipinski definition) is 0. The van der Waals surface area contributed by atoms with Crippen LogP contribution in [-0.2, 0) is 14.6 Å². The van der Waals surface area contributed by atoms with Crippen molar-refractivity contribution in [3.8, 4) is 6.07 Å². The molecule has 120 valence electrons. The number of nitriles is 1. The largest absolute Gasteiger partial charge is 0.444 e. The zero-order valence-corrected chi connectivity index (χ0v) is 13.9. The normalized spacial score (nSPS) is 22.0. The van der Waals surface area contributed by atoms with Gasteiger partial charge in [0.15, 0.2) is 15.1 Å². The fourth-order valence-electron chi connectivity index (χ4n) is 2.46. The summed E-state index contributed by atoms with van der Waals surface area (Å²) in [6, 6.07) is 1.21. The molecule has 1 fully saturated rings. The highest BCUT2D eigenvalue weighted by atomic mass is 32.2. The predicted molar refractivity (Wildman–Crippen MR) is 79.4 cm³/mol. The van der Waals surface area contributed by atoms with E-state index in [0.29, 0.717) is 13.0 Å². The Morgan fingerprint density at radius 1 is 1.33 bits per heavy atom. The summed E-state index contributed by atoms with van der Waals surface area (Å²) in [6.45, 7) is 5.70. The Morgan fingerprint density at radius 2 is 1.95 bits per heavy atom. The minimum atomic E-state index is -3.55. The van der Waals surface area contributed by atoms with Crippen molar-refractivity contribution in [2.75, 3.05) is 12.8 Å². The lowest BCUT2D eigenvalue weighted by Gasteiger charge is -2.33. The van der Waals surface area contributed by atoms with Crippen LogP contribution in [0.5, 0.6) is 0 Å². The molecule has 1 aliphatic rings. The third kappa shape index (κ3) is 5.20. The van der Waals surface area contributed by atoms with Gasteiger partial charge in [-0.15, -0.1) is 0 Å². The molecule has 0 aromatic carbocycles. The SMILES string of the molecule is CC(C)(C)OC(=O)N1CCCCCC1C(C#N)S(C)(=O)=O. The maximum Gasteiger partial charge on any atom is 0.410 e. The Kier molecular flexibility index (Phi) is 5.62. The van der Waals surface area contributed by atoms with Gasteiger partial charge in [-0.05, 0) is 33.6 Å². The van der Waals surface area contributed by atoms with Gasteiger partial charge in [0.25, 0.3) is 0 Å². The van der Waals surface area contributed by atoms with E-state index in [2.05, 4.69) is 0 Å². The molecule has 1 heterocycles. The molecule has 1 saturated heterocycles. The monoisotopic (exact) mass is 316 g/mol. The average Bonchev–Trinajstić information content (AvgIpc) is 2.51. The first-order valence-electron chi connectivity index (χ1n) is 7.14. The second-order valence-corrected chi connectivity index (χ2v) is 8.64. The van der Waals surface area contributed by atoms with Gasteiger partial charge in [-0.2, -0.15) is 5.26 Å². The number of amides is 1. The zero-order valence-electron chi connectivity index (χ0n) is 13.1. The van der Waals surface area contributed by atoms with Crippen LogP contribution in [0.25, 0.3) is 0 Å². The van der Waals surface area contributed by atoms with Crippen molar-refractivity contribution in [2.24, 2.45) is 0 Å². The molecular formula is C14H24N2O4S. The van der Waals surface area contributed by atoms with E-state index in [1.807, 2.05) is 6.07 Å². The van der Waals surface area contributed by atoms with Crippen LogP contribution in [0.1, 0.15) is 46.5 Å². The number of hydrogen-bond acceptors (Lipinski definition) is 5. The van der Waals surface area contributed by atoms with Gasteiger partial charge < -0.3 is 9.64 Å². The average molecular weight is 316 g/mol. The molecule has 0 aliphatic carbocycles. The van der Waals surface area contributed by atoms with E-state index in [9.17, 15) is 18.5 Å². The summed E-state index contributed by atoms with van der Waals surface area (Å²) in [5, 5.41) is 8.02. The molecule has 0 spiro atoms. The van der Waals surface area contributed by atoms with Gasteiger partial charge in [0.2, 0.25) is 0 Å². The summed E-state index contributed by atoms with van der Waals surface area (Å²) in [6.07, 6.45) is 3.51. The molecule has 0 bridgehead atoms. The summed E-state index contributed by atoms with van der Waals surface area (Å²) in [5.41, 5.74) is -0.652. The highest BCUT2D eigenvalue weighted by Gasteiger charge is 2.39. The predicted octanol–water partition coefficient (Wildman–Crippen LogP) is 2.10. The van der Waals surface area contributed by atoms with Crippen LogP contribution in [0.3, 0.4) is 0 Å². The number of rotatable bonds is 2. The molecule has 6 nitrogen and oxygen atoms in total. The van der Waals surface area contributed by atoms with Crippen molar-refractivity contribution in [1.29, 1.82) is 5.26 Å². The van der Waals surface area contributed by atoms with Gasteiger partial charge >= 0.3 is 6.09 Å². The number of carbonyl (C=O) groups is 1. The summed E-state index contributed by atoms with van der Waals surface area (Å²) >= 11 is 0. The van der Waals surface area contributed by atoms with Crippen LogP contribution >= 0.6 is 0 Å². The number of carbonyl (C=O) groups excluding carboxylic acids is 1. The van der Waals surface area contributed by atoms with Crippen molar-refractivity contribution >= 4 is 15.9 Å². The van der Waals surface area contributed by atoms with Crippen molar-refractivity contribution in [2.45, 2.75) is 63.3 Å². The molecule has 21 heavy (non-hydrogen) atoms. The van der Waals surface area contributed by atoms with Crippen LogP contribution in [-0.4, -0.2) is 49.1 Å². The first kappa shape index (κ1) is 17.8. The molecule has 0 aromatic heterocycles. The van der Waals surface area contributed by atoms with E-state index in [-0.39, 0.29) is 0 Å². The third-order valence-electron chi connectivity index (χ3n) is 3.37. The Hall–Kier alpha value is -1.29. The van der Waals surface area contributed by atoms with E-state index < -0.39 is 32.8 Å². The zero-order chi connectivity index (χ0) is 16.3. The molecule has 0 N–H and O–H groups in total. The molecule has 1 rings (SSSR count). The fraction of sp³-hybridized carbons (Fsp3) is 0.857. The molecule has 0 saturated carbocycles. The van der Waals surface area contributed by atoms with Gasteiger partial charge in [0.05, 0.1) is 12.1 Å². The minimum absolute atomic E-state index is 0.424. The first-order chi connectivity index (χ1) is 9.56. The minimum Gasteiger partial charge on any atom is -0.444 e. The Morgan fingerprint density at radius 3 is 2.43 bits per heavy atom. The number of nitrogens with zero attached hydrogens (tertiary/aromatic N) is 2. The highest BCUT2D eigenvalue weighted by Crippen LogP contribution is 2.24. The van der Waals surface area contributed by atoms with Crippen LogP contribution in [0.2, 0.25) is 0 Å². The summed E-state index contributed by atoms with van der Waals surface area (Å²) in [4.78, 5) is 13.7. The van der Waals surface area contributed by atoms with Crippen LogP contribution in [0.15, 0.2) is 0 Å². The van der Waals surface area contributed by atoms with Crippen molar-refractivity contribution < 1.29 is 17.9 Å². The van der Waals surface area contributed by atoms with Gasteiger partial charge in [-0.1, -0.05) is 12.8 Å². The molecular weight excluding hydrogens is 292 g/mol. The quantitative estimate of drug-likeness (QED) is 0.778. The van der Waals surface area contributed by atoms with Gasteiger partial charge in [-0.25, -0.2) is 13.2 Å². The van der Waals surface area contributed by atoms with E-state index in [1.54, 1.807) is 20.8 Å². The topological polar surface area (TPSA) is 87.5 Å². The molecule has 1 amide bonds. The highest BCUT2D eigenvalue weighted by molar-refractivity contribution is 7.91. The van der Waals surface area contributed by atoms with Gasteiger partial charge in [0.1, 0.15) is 5.60 Å². The van der Waals surface area contributed by atoms with Crippen LogP contribution in [0, 0.1) is 11.3 Å².